The van der Waals surface area contributed by atoms with Gasteiger partial charge in [-0.2, -0.15) is 0 Å². The van der Waals surface area contributed by atoms with Gasteiger partial charge in [0.05, 0.1) is 6.61 Å². The summed E-state index contributed by atoms with van der Waals surface area (Å²) in [4.78, 5) is 25.6. The molecule has 0 heterocycles. The van der Waals surface area contributed by atoms with Crippen LogP contribution in [-0.2, 0) is 11.0 Å². The molecule has 0 bridgehead atoms. The Labute approximate surface area is 76.5 Å². The Kier molecular flexibility index (Phi) is 3.01. The summed E-state index contributed by atoms with van der Waals surface area (Å²) >= 11 is 0. The van der Waals surface area contributed by atoms with Gasteiger partial charge in [0.2, 0.25) is 0 Å². The number of anilines is 1. The van der Waals surface area contributed by atoms with Gasteiger partial charge < -0.3 is 24.5 Å². The summed E-state index contributed by atoms with van der Waals surface area (Å²) in [5, 5.41) is 0. The normalized spacial score (nSPS) is 11.6. The molecule has 13 heavy (non-hydrogen) atoms. The van der Waals surface area contributed by atoms with Gasteiger partial charge >= 0.3 is 9.05 Å². The van der Waals surface area contributed by atoms with E-state index in [1.165, 1.54) is 0 Å². The lowest BCUT2D eigenvalue weighted by atomic mass is 10.2. The maximum Gasteiger partial charge on any atom is 0.671 e. The number of hydrogen-bond acceptors (Lipinski definition) is 5. The molecule has 5 N–H and O–H groups in total. The van der Waals surface area contributed by atoms with Crippen molar-refractivity contribution in [3.05, 3.63) is 29.8 Å². The zero-order chi connectivity index (χ0) is 9.90. The zero-order valence-electron chi connectivity index (χ0n) is 6.84. The largest absolute Gasteiger partial charge is 0.671 e. The standard InChI is InChI=1S/C7H11NO4Si/c8-7-3-1-2-6(4-7)5-12-13(9,10)11/h1-4,9-11H,5,8H2. The summed E-state index contributed by atoms with van der Waals surface area (Å²) in [5.41, 5.74) is 6.70. The second-order valence-corrected chi connectivity index (χ2v) is 4.04. The van der Waals surface area contributed by atoms with Crippen molar-refractivity contribution in [2.75, 3.05) is 5.73 Å². The van der Waals surface area contributed by atoms with Crippen LogP contribution >= 0.6 is 0 Å². The molecule has 6 heteroatoms. The van der Waals surface area contributed by atoms with Gasteiger partial charge in [-0.25, -0.2) is 0 Å². The molecule has 1 aromatic carbocycles. The average molecular weight is 201 g/mol. The van der Waals surface area contributed by atoms with E-state index in [1.54, 1.807) is 24.3 Å². The molecule has 1 rings (SSSR count). The van der Waals surface area contributed by atoms with Gasteiger partial charge in [0.1, 0.15) is 0 Å². The quantitative estimate of drug-likeness (QED) is 0.379. The van der Waals surface area contributed by atoms with Crippen LogP contribution in [0.2, 0.25) is 0 Å². The average Bonchev–Trinajstić information content (AvgIpc) is 2.00. The van der Waals surface area contributed by atoms with E-state index in [9.17, 15) is 0 Å². The lowest BCUT2D eigenvalue weighted by Gasteiger charge is -2.09. The van der Waals surface area contributed by atoms with Crippen molar-refractivity contribution >= 4 is 14.7 Å². The fourth-order valence-electron chi connectivity index (χ4n) is 0.863. The molecule has 0 fully saturated rings. The van der Waals surface area contributed by atoms with Gasteiger partial charge in [-0.15, -0.1) is 0 Å². The van der Waals surface area contributed by atoms with Crippen LogP contribution in [0.5, 0.6) is 0 Å². The van der Waals surface area contributed by atoms with Crippen LogP contribution in [0.25, 0.3) is 0 Å². The molecule has 0 aliphatic carbocycles. The summed E-state index contributed by atoms with van der Waals surface area (Å²) in [7, 11) is -4.40. The Morgan fingerprint density at radius 2 is 2.00 bits per heavy atom. The van der Waals surface area contributed by atoms with Crippen LogP contribution in [0.4, 0.5) is 5.69 Å². The van der Waals surface area contributed by atoms with Crippen LogP contribution in [-0.4, -0.2) is 23.4 Å². The van der Waals surface area contributed by atoms with Gasteiger partial charge in [-0.05, 0) is 17.7 Å². The summed E-state index contributed by atoms with van der Waals surface area (Å²) in [6, 6.07) is 6.74. The van der Waals surface area contributed by atoms with Gasteiger partial charge in [-0.3, -0.25) is 0 Å². The van der Waals surface area contributed by atoms with Crippen LogP contribution in [0.3, 0.4) is 0 Å². The molecule has 0 unspecified atom stereocenters. The van der Waals surface area contributed by atoms with E-state index in [1.807, 2.05) is 0 Å². The van der Waals surface area contributed by atoms with Crippen molar-refractivity contribution in [2.24, 2.45) is 0 Å². The van der Waals surface area contributed by atoms with Crippen molar-refractivity contribution in [1.82, 2.24) is 0 Å². The van der Waals surface area contributed by atoms with Crippen LogP contribution in [0.1, 0.15) is 5.56 Å². The van der Waals surface area contributed by atoms with Crippen molar-refractivity contribution in [3.63, 3.8) is 0 Å². The lowest BCUT2D eigenvalue weighted by molar-refractivity contribution is 0.0563. The topological polar surface area (TPSA) is 95.9 Å². The van der Waals surface area contributed by atoms with E-state index < -0.39 is 9.05 Å². The molecule has 1 aromatic rings. The van der Waals surface area contributed by atoms with E-state index in [2.05, 4.69) is 4.43 Å². The molecular weight excluding hydrogens is 190 g/mol. The fourth-order valence-corrected chi connectivity index (χ4v) is 1.22. The minimum Gasteiger partial charge on any atom is -0.399 e. The number of rotatable bonds is 3. The number of nitrogen functional groups attached to an aromatic ring is 1. The minimum absolute atomic E-state index is 0.0687. The van der Waals surface area contributed by atoms with E-state index in [4.69, 9.17) is 20.1 Å². The Balaban J connectivity index is 2.55. The highest BCUT2D eigenvalue weighted by Crippen LogP contribution is 2.08. The first kappa shape index (κ1) is 10.2. The molecule has 0 amide bonds. The van der Waals surface area contributed by atoms with Crippen molar-refractivity contribution in [1.29, 1.82) is 0 Å². The molecule has 0 saturated carbocycles. The molecule has 0 aromatic heterocycles. The Morgan fingerprint density at radius 1 is 1.31 bits per heavy atom. The summed E-state index contributed by atoms with van der Waals surface area (Å²) in [5.74, 6) is 0. The van der Waals surface area contributed by atoms with Crippen LogP contribution < -0.4 is 5.73 Å². The van der Waals surface area contributed by atoms with E-state index in [-0.39, 0.29) is 6.61 Å². The highest BCUT2D eigenvalue weighted by Gasteiger charge is 2.30. The first-order valence-electron chi connectivity index (χ1n) is 3.63. The van der Waals surface area contributed by atoms with E-state index in [0.717, 1.165) is 0 Å². The summed E-state index contributed by atoms with van der Waals surface area (Å²) < 4.78 is 4.42. The molecule has 0 aliphatic heterocycles. The van der Waals surface area contributed by atoms with Gasteiger partial charge in [0.25, 0.3) is 0 Å². The summed E-state index contributed by atoms with van der Waals surface area (Å²) in [6.07, 6.45) is 0. The Bertz CT molecular complexity index is 286. The predicted octanol–water partition coefficient (Wildman–Crippen LogP) is -0.802. The first-order valence-corrected chi connectivity index (χ1v) is 5.38. The lowest BCUT2D eigenvalue weighted by Crippen LogP contribution is -2.38. The predicted molar refractivity (Wildman–Crippen MR) is 48.1 cm³/mol. The second-order valence-electron chi connectivity index (χ2n) is 2.61. The minimum atomic E-state index is -4.40. The third-order valence-corrected chi connectivity index (χ3v) is 1.92. The molecule has 0 radical (unpaired) electrons. The maximum absolute atomic E-state index is 8.54. The highest BCUT2D eigenvalue weighted by molar-refractivity contribution is 6.48. The third-order valence-electron chi connectivity index (χ3n) is 1.38. The smallest absolute Gasteiger partial charge is 0.399 e. The van der Waals surface area contributed by atoms with E-state index in [0.29, 0.717) is 11.3 Å². The van der Waals surface area contributed by atoms with Crippen LogP contribution in [0, 0.1) is 0 Å². The SMILES string of the molecule is Nc1cccc(CO[Si](O)(O)O)c1. The molecule has 0 aliphatic rings. The van der Waals surface area contributed by atoms with Crippen molar-refractivity contribution in [3.8, 4) is 0 Å². The van der Waals surface area contributed by atoms with Crippen molar-refractivity contribution < 1.29 is 18.8 Å². The molecule has 0 spiro atoms. The van der Waals surface area contributed by atoms with Gasteiger partial charge in [0, 0.05) is 5.69 Å². The van der Waals surface area contributed by atoms with E-state index >= 15 is 0 Å². The monoisotopic (exact) mass is 201 g/mol. The second kappa shape index (κ2) is 3.86. The van der Waals surface area contributed by atoms with Crippen molar-refractivity contribution in [2.45, 2.75) is 6.61 Å². The number of benzene rings is 1. The summed E-state index contributed by atoms with van der Waals surface area (Å²) in [6.45, 7) is -0.0687. The van der Waals surface area contributed by atoms with Crippen LogP contribution in [0.15, 0.2) is 24.3 Å². The van der Waals surface area contributed by atoms with Gasteiger partial charge in [-0.1, -0.05) is 12.1 Å². The maximum atomic E-state index is 8.54. The number of nitrogens with two attached hydrogens (primary N) is 1. The Hall–Kier alpha value is -0.923. The Morgan fingerprint density at radius 3 is 2.54 bits per heavy atom. The molecule has 0 saturated heterocycles. The molecule has 5 nitrogen and oxygen atoms in total. The van der Waals surface area contributed by atoms with Gasteiger partial charge in [0.15, 0.2) is 0 Å². The highest BCUT2D eigenvalue weighted by atomic mass is 28.4. The first-order chi connectivity index (χ1) is 5.97. The fraction of sp³-hybridized carbons (Fsp3) is 0.143. The molecular formula is C7H11NO4Si. The molecule has 72 valence electrons. The number of hydrogen-bond donors (Lipinski definition) is 4. The zero-order valence-corrected chi connectivity index (χ0v) is 7.84. The molecule has 0 atom stereocenters. The third kappa shape index (κ3) is 4.01.